The highest BCUT2D eigenvalue weighted by Crippen LogP contribution is 2.78. The summed E-state index contributed by atoms with van der Waals surface area (Å²) in [6.07, 6.45) is 5.40. The Bertz CT molecular complexity index is 581. The zero-order chi connectivity index (χ0) is 15.2. The molecule has 0 N–H and O–H groups in total. The molecule has 4 fully saturated rings. The van der Waals surface area contributed by atoms with Crippen LogP contribution in [0.25, 0.3) is 0 Å². The van der Waals surface area contributed by atoms with Crippen LogP contribution in [0.3, 0.4) is 0 Å². The Morgan fingerprint density at radius 3 is 2.57 bits per heavy atom. The smallest absolute Gasteiger partial charge is 0.334 e. The maximum Gasteiger partial charge on any atom is 0.334 e. The van der Waals surface area contributed by atoms with Crippen LogP contribution in [0, 0.1) is 22.7 Å². The predicted octanol–water partition coefficient (Wildman–Crippen LogP) is 4.73. The number of hydrogen-bond acceptors (Lipinski definition) is 2. The fourth-order valence-corrected chi connectivity index (χ4v) is 7.18. The first-order valence-electron chi connectivity index (χ1n) is 7.69. The summed E-state index contributed by atoms with van der Waals surface area (Å²) in [7, 11) is 0. The Morgan fingerprint density at radius 1 is 1.29 bits per heavy atom. The van der Waals surface area contributed by atoms with Gasteiger partial charge in [-0.1, -0.05) is 57.5 Å². The molecule has 5 atom stereocenters. The summed E-state index contributed by atoms with van der Waals surface area (Å²) in [5.74, 6) is 0.642. The molecule has 4 aliphatic rings. The van der Waals surface area contributed by atoms with Crippen LogP contribution >= 0.6 is 31.9 Å². The number of carbonyl (C=O) groups excluding carboxylic acids is 1. The van der Waals surface area contributed by atoms with Crippen LogP contribution in [-0.4, -0.2) is 15.3 Å². The molecule has 0 aromatic rings. The van der Waals surface area contributed by atoms with Gasteiger partial charge in [-0.15, -0.1) is 0 Å². The zero-order valence-electron chi connectivity index (χ0n) is 12.3. The highest BCUT2D eigenvalue weighted by Gasteiger charge is 2.73. The van der Waals surface area contributed by atoms with Crippen molar-refractivity contribution in [2.45, 2.75) is 48.4 Å². The van der Waals surface area contributed by atoms with E-state index in [9.17, 15) is 4.79 Å². The Morgan fingerprint density at radius 2 is 1.95 bits per heavy atom. The second kappa shape index (κ2) is 4.05. The third-order valence-corrected chi connectivity index (χ3v) is 8.89. The van der Waals surface area contributed by atoms with Crippen molar-refractivity contribution < 1.29 is 9.53 Å². The number of ether oxygens (including phenoxy) is 1. The lowest BCUT2D eigenvalue weighted by molar-refractivity contribution is -0.142. The Labute approximate surface area is 142 Å². The number of fused-ring (bicyclic) bond motifs is 4. The number of alkyl halides is 2. The largest absolute Gasteiger partial charge is 0.457 e. The van der Waals surface area contributed by atoms with E-state index in [0.29, 0.717) is 11.5 Å². The molecule has 1 aliphatic heterocycles. The van der Waals surface area contributed by atoms with Crippen LogP contribution in [-0.2, 0) is 9.53 Å². The minimum atomic E-state index is -0.227. The molecule has 0 amide bonds. The highest BCUT2D eigenvalue weighted by atomic mass is 79.9. The summed E-state index contributed by atoms with van der Waals surface area (Å²) in [4.78, 5) is 12.1. The SMILES string of the molecule is C=C1CC[C@@H]2[C@H]1[C@H]1OC(=O)C(=C)[C@]1(C)CC[C@]21CC1(Br)Br. The van der Waals surface area contributed by atoms with E-state index in [1.54, 1.807) is 0 Å². The number of halogens is 2. The Kier molecular flexibility index (Phi) is 2.80. The van der Waals surface area contributed by atoms with E-state index in [2.05, 4.69) is 51.9 Å². The van der Waals surface area contributed by atoms with Crippen molar-refractivity contribution in [3.63, 3.8) is 0 Å². The summed E-state index contributed by atoms with van der Waals surface area (Å²) < 4.78 is 5.86. The third kappa shape index (κ3) is 1.61. The van der Waals surface area contributed by atoms with E-state index < -0.39 is 0 Å². The second-order valence-electron chi connectivity index (χ2n) is 7.59. The van der Waals surface area contributed by atoms with E-state index in [0.717, 1.165) is 25.7 Å². The van der Waals surface area contributed by atoms with Crippen molar-refractivity contribution >= 4 is 37.8 Å². The van der Waals surface area contributed by atoms with E-state index >= 15 is 0 Å². The van der Waals surface area contributed by atoms with Gasteiger partial charge in [-0.25, -0.2) is 4.79 Å². The number of rotatable bonds is 0. The van der Waals surface area contributed by atoms with Crippen molar-refractivity contribution in [3.8, 4) is 0 Å². The minimum Gasteiger partial charge on any atom is -0.457 e. The lowest BCUT2D eigenvalue weighted by Gasteiger charge is -2.33. The van der Waals surface area contributed by atoms with Gasteiger partial charge in [-0.2, -0.15) is 0 Å². The van der Waals surface area contributed by atoms with Gasteiger partial charge in [0.15, 0.2) is 0 Å². The monoisotopic (exact) mass is 414 g/mol. The Balaban J connectivity index is 1.82. The van der Waals surface area contributed by atoms with Gasteiger partial charge in [0, 0.05) is 22.3 Å². The topological polar surface area (TPSA) is 26.3 Å². The first-order valence-corrected chi connectivity index (χ1v) is 9.27. The first kappa shape index (κ1) is 14.5. The molecular weight excluding hydrogens is 396 g/mol. The number of hydrogen-bond donors (Lipinski definition) is 0. The quantitative estimate of drug-likeness (QED) is 0.247. The molecule has 2 nitrogen and oxygen atoms in total. The molecule has 3 saturated carbocycles. The van der Waals surface area contributed by atoms with Gasteiger partial charge in [0.2, 0.25) is 0 Å². The molecule has 0 unspecified atom stereocenters. The molecular formula is C17H20Br2O2. The maximum atomic E-state index is 12.1. The van der Waals surface area contributed by atoms with Gasteiger partial charge in [-0.3, -0.25) is 0 Å². The van der Waals surface area contributed by atoms with Gasteiger partial charge >= 0.3 is 5.97 Å². The molecule has 4 heteroatoms. The molecule has 0 bridgehead atoms. The van der Waals surface area contributed by atoms with Crippen LogP contribution in [0.5, 0.6) is 0 Å². The van der Waals surface area contributed by atoms with Crippen molar-refractivity contribution in [3.05, 3.63) is 24.3 Å². The van der Waals surface area contributed by atoms with E-state index in [4.69, 9.17) is 4.74 Å². The average Bonchev–Trinajstić information content (AvgIpc) is 2.68. The summed E-state index contributed by atoms with van der Waals surface area (Å²) in [5, 5.41) is 0. The highest BCUT2D eigenvalue weighted by molar-refractivity contribution is 9.25. The van der Waals surface area contributed by atoms with Crippen molar-refractivity contribution in [2.75, 3.05) is 0 Å². The van der Waals surface area contributed by atoms with Crippen LogP contribution < -0.4 is 0 Å². The normalized spacial score (nSPS) is 50.6. The fourth-order valence-electron chi connectivity index (χ4n) is 5.19. The number of carbonyl (C=O) groups is 1. The molecule has 0 radical (unpaired) electrons. The van der Waals surface area contributed by atoms with Gasteiger partial charge in [0.1, 0.15) is 6.10 Å². The summed E-state index contributed by atoms with van der Waals surface area (Å²) in [6, 6.07) is 0. The fraction of sp³-hybridized carbons (Fsp3) is 0.706. The van der Waals surface area contributed by atoms with Crippen LogP contribution in [0.15, 0.2) is 24.3 Å². The lowest BCUT2D eigenvalue weighted by Crippen LogP contribution is -2.36. The average molecular weight is 416 g/mol. The van der Waals surface area contributed by atoms with Gasteiger partial charge in [0.25, 0.3) is 0 Å². The first-order chi connectivity index (χ1) is 9.73. The number of esters is 1. The molecule has 1 heterocycles. The molecule has 114 valence electrons. The molecule has 1 spiro atoms. The van der Waals surface area contributed by atoms with Crippen LogP contribution in [0.4, 0.5) is 0 Å². The lowest BCUT2D eigenvalue weighted by atomic mass is 9.71. The molecule has 4 rings (SSSR count). The zero-order valence-corrected chi connectivity index (χ0v) is 15.4. The molecule has 0 aromatic carbocycles. The van der Waals surface area contributed by atoms with Crippen LogP contribution in [0.1, 0.15) is 39.0 Å². The van der Waals surface area contributed by atoms with Gasteiger partial charge in [0.05, 0.1) is 3.23 Å². The molecule has 3 aliphatic carbocycles. The summed E-state index contributed by atoms with van der Waals surface area (Å²) in [6.45, 7) is 10.5. The van der Waals surface area contributed by atoms with Crippen molar-refractivity contribution in [2.24, 2.45) is 22.7 Å². The maximum absolute atomic E-state index is 12.1. The van der Waals surface area contributed by atoms with Crippen molar-refractivity contribution in [1.82, 2.24) is 0 Å². The second-order valence-corrected chi connectivity index (χ2v) is 11.4. The van der Waals surface area contributed by atoms with E-state index in [1.165, 1.54) is 12.0 Å². The molecule has 21 heavy (non-hydrogen) atoms. The summed E-state index contributed by atoms with van der Waals surface area (Å²) in [5.41, 5.74) is 1.98. The van der Waals surface area contributed by atoms with Gasteiger partial charge < -0.3 is 4.74 Å². The van der Waals surface area contributed by atoms with E-state index in [-0.39, 0.29) is 32.1 Å². The third-order valence-electron chi connectivity index (χ3n) is 6.75. The molecule has 0 aromatic heterocycles. The van der Waals surface area contributed by atoms with Crippen LogP contribution in [0.2, 0.25) is 0 Å². The van der Waals surface area contributed by atoms with Crippen molar-refractivity contribution in [1.29, 1.82) is 0 Å². The minimum absolute atomic E-state index is 0.0564. The Hall–Kier alpha value is -0.0900. The predicted molar refractivity (Wildman–Crippen MR) is 89.4 cm³/mol. The molecule has 1 saturated heterocycles. The summed E-state index contributed by atoms with van der Waals surface area (Å²) >= 11 is 7.75. The van der Waals surface area contributed by atoms with Gasteiger partial charge in [-0.05, 0) is 38.0 Å². The standard InChI is InChI=1S/C17H20Br2O2/c1-9-4-5-11-12(9)13-15(3,10(2)14(20)21-13)6-7-16(11)8-17(16,18)19/h11-13H,1-2,4-8H2,3H3/t11-,12+,13-,15+,16+/m1/s1. The van der Waals surface area contributed by atoms with E-state index in [1.807, 2.05) is 0 Å².